The molecule has 6 nitrogen and oxygen atoms in total. The highest BCUT2D eigenvalue weighted by molar-refractivity contribution is 5.78. The van der Waals surface area contributed by atoms with Gasteiger partial charge in [-0.3, -0.25) is 4.79 Å². The molecule has 29 heavy (non-hydrogen) atoms. The largest absolute Gasteiger partial charge is 0.403 e. The van der Waals surface area contributed by atoms with Gasteiger partial charge in [-0.15, -0.1) is 5.10 Å². The van der Waals surface area contributed by atoms with E-state index in [0.29, 0.717) is 31.5 Å². The number of benzene rings is 2. The lowest BCUT2D eigenvalue weighted by Gasteiger charge is -2.29. The summed E-state index contributed by atoms with van der Waals surface area (Å²) in [6.07, 6.45) is 1.44. The molecule has 0 saturated carbocycles. The molecule has 1 fully saturated rings. The minimum Gasteiger partial charge on any atom is -0.403 e. The van der Waals surface area contributed by atoms with Crippen LogP contribution in [0.4, 0.5) is 10.4 Å². The van der Waals surface area contributed by atoms with Gasteiger partial charge in [0.1, 0.15) is 5.82 Å². The molecular formula is C22H23FN4O2. The van der Waals surface area contributed by atoms with Crippen molar-refractivity contribution in [3.05, 3.63) is 65.5 Å². The molecular weight excluding hydrogens is 371 g/mol. The first kappa shape index (κ1) is 19.1. The van der Waals surface area contributed by atoms with Gasteiger partial charge in [0.15, 0.2) is 0 Å². The number of aryl methyl sites for hydroxylation is 1. The lowest BCUT2D eigenvalue weighted by atomic mass is 9.96. The zero-order valence-electron chi connectivity index (χ0n) is 16.3. The number of amides is 1. The van der Waals surface area contributed by atoms with Crippen LogP contribution >= 0.6 is 0 Å². The molecule has 2 aromatic carbocycles. The fourth-order valence-electron chi connectivity index (χ4n) is 3.42. The van der Waals surface area contributed by atoms with E-state index >= 15 is 0 Å². The number of nitrogens with one attached hydrogen (secondary N) is 1. The number of aromatic nitrogens is 2. The Labute approximate surface area is 168 Å². The Morgan fingerprint density at radius 2 is 1.79 bits per heavy atom. The molecule has 3 aromatic rings. The summed E-state index contributed by atoms with van der Waals surface area (Å²) in [6.45, 7) is 3.81. The van der Waals surface area contributed by atoms with Gasteiger partial charge in [-0.2, -0.15) is 0 Å². The lowest BCUT2D eigenvalue weighted by molar-refractivity contribution is -0.125. The summed E-state index contributed by atoms with van der Waals surface area (Å²) in [7, 11) is 0. The van der Waals surface area contributed by atoms with Crippen molar-refractivity contribution in [2.75, 3.05) is 18.0 Å². The molecule has 0 atom stereocenters. The van der Waals surface area contributed by atoms with E-state index in [-0.39, 0.29) is 17.6 Å². The van der Waals surface area contributed by atoms with E-state index in [9.17, 15) is 9.18 Å². The van der Waals surface area contributed by atoms with Gasteiger partial charge in [-0.05, 0) is 49.6 Å². The summed E-state index contributed by atoms with van der Waals surface area (Å²) in [5, 5.41) is 11.3. The molecule has 150 valence electrons. The zero-order valence-corrected chi connectivity index (χ0v) is 16.3. The average Bonchev–Trinajstić information content (AvgIpc) is 3.24. The van der Waals surface area contributed by atoms with Gasteiger partial charge in [-0.1, -0.05) is 34.9 Å². The van der Waals surface area contributed by atoms with Crippen LogP contribution in [0.15, 0.2) is 52.9 Å². The van der Waals surface area contributed by atoms with Crippen LogP contribution in [0.25, 0.3) is 11.5 Å². The molecule has 1 N–H and O–H groups in total. The second-order valence-corrected chi connectivity index (χ2v) is 7.36. The monoisotopic (exact) mass is 394 g/mol. The molecule has 0 bridgehead atoms. The van der Waals surface area contributed by atoms with Crippen LogP contribution < -0.4 is 10.2 Å². The van der Waals surface area contributed by atoms with Crippen molar-refractivity contribution in [3.63, 3.8) is 0 Å². The molecule has 1 aliphatic heterocycles. The van der Waals surface area contributed by atoms with E-state index in [1.165, 1.54) is 17.7 Å². The van der Waals surface area contributed by atoms with Crippen LogP contribution in [0.5, 0.6) is 0 Å². The molecule has 2 heterocycles. The Hall–Kier alpha value is -3.22. The van der Waals surface area contributed by atoms with Crippen molar-refractivity contribution in [2.45, 2.75) is 26.3 Å². The van der Waals surface area contributed by atoms with Crippen LogP contribution in [-0.4, -0.2) is 29.2 Å². The first-order valence-electron chi connectivity index (χ1n) is 9.76. The number of rotatable bonds is 5. The summed E-state index contributed by atoms with van der Waals surface area (Å²) in [5.74, 6) is 0.198. The number of halogens is 1. The number of anilines is 1. The second kappa shape index (κ2) is 8.43. The lowest BCUT2D eigenvalue weighted by Crippen LogP contribution is -2.40. The minimum atomic E-state index is -0.279. The van der Waals surface area contributed by atoms with Gasteiger partial charge in [0.2, 0.25) is 11.8 Å². The fraction of sp³-hybridized carbons (Fsp3) is 0.318. The Bertz CT molecular complexity index is 961. The first-order chi connectivity index (χ1) is 14.1. The summed E-state index contributed by atoms with van der Waals surface area (Å²) in [6, 6.07) is 14.6. The number of nitrogens with zero attached hydrogens (tertiary/aromatic N) is 3. The van der Waals surface area contributed by atoms with Gasteiger partial charge >= 0.3 is 6.01 Å². The first-order valence-corrected chi connectivity index (χ1v) is 9.76. The summed E-state index contributed by atoms with van der Waals surface area (Å²) in [4.78, 5) is 14.5. The van der Waals surface area contributed by atoms with E-state index in [1.54, 1.807) is 12.1 Å². The maximum Gasteiger partial charge on any atom is 0.318 e. The maximum atomic E-state index is 13.0. The van der Waals surface area contributed by atoms with Crippen LogP contribution in [0, 0.1) is 18.7 Å². The van der Waals surface area contributed by atoms with Gasteiger partial charge in [0, 0.05) is 31.1 Å². The van der Waals surface area contributed by atoms with E-state index in [1.807, 2.05) is 36.1 Å². The SMILES string of the molecule is Cc1ccc(-c2nnc(N3CCC(C(=O)NCc4ccc(F)cc4)CC3)o2)cc1. The molecule has 1 amide bonds. The highest BCUT2D eigenvalue weighted by Gasteiger charge is 2.27. The Balaban J connectivity index is 1.29. The molecule has 0 radical (unpaired) electrons. The number of hydrogen-bond acceptors (Lipinski definition) is 5. The molecule has 0 spiro atoms. The Kier molecular flexibility index (Phi) is 5.55. The van der Waals surface area contributed by atoms with E-state index in [4.69, 9.17) is 4.42 Å². The van der Waals surface area contributed by atoms with Crippen LogP contribution in [0.2, 0.25) is 0 Å². The standard InChI is InChI=1S/C22H23FN4O2/c1-15-2-6-18(7-3-15)21-25-26-22(29-21)27-12-10-17(11-13-27)20(28)24-14-16-4-8-19(23)9-5-16/h2-9,17H,10-14H2,1H3,(H,24,28). The number of hydrogen-bond donors (Lipinski definition) is 1. The molecule has 4 rings (SSSR count). The van der Waals surface area contributed by atoms with Crippen molar-refractivity contribution >= 4 is 11.9 Å². The molecule has 1 aromatic heterocycles. The van der Waals surface area contributed by atoms with E-state index < -0.39 is 0 Å². The van der Waals surface area contributed by atoms with Crippen LogP contribution in [0.1, 0.15) is 24.0 Å². The summed E-state index contributed by atoms with van der Waals surface area (Å²) < 4.78 is 18.8. The molecule has 0 aliphatic carbocycles. The third-order valence-electron chi connectivity index (χ3n) is 5.23. The second-order valence-electron chi connectivity index (χ2n) is 7.36. The van der Waals surface area contributed by atoms with Crippen molar-refractivity contribution < 1.29 is 13.6 Å². The highest BCUT2D eigenvalue weighted by Crippen LogP contribution is 2.26. The Morgan fingerprint density at radius 3 is 2.48 bits per heavy atom. The number of piperidine rings is 1. The average molecular weight is 394 g/mol. The quantitative estimate of drug-likeness (QED) is 0.714. The predicted molar refractivity (Wildman–Crippen MR) is 108 cm³/mol. The molecule has 1 saturated heterocycles. The third-order valence-corrected chi connectivity index (χ3v) is 5.23. The van der Waals surface area contributed by atoms with Crippen molar-refractivity contribution in [1.82, 2.24) is 15.5 Å². The minimum absolute atomic E-state index is 0.0276. The molecule has 1 aliphatic rings. The van der Waals surface area contributed by atoms with Gasteiger partial charge in [0.05, 0.1) is 0 Å². The topological polar surface area (TPSA) is 71.3 Å². The summed E-state index contributed by atoms with van der Waals surface area (Å²) in [5.41, 5.74) is 2.95. The highest BCUT2D eigenvalue weighted by atomic mass is 19.1. The van der Waals surface area contributed by atoms with E-state index in [0.717, 1.165) is 24.0 Å². The smallest absolute Gasteiger partial charge is 0.318 e. The normalized spacial score (nSPS) is 14.8. The third kappa shape index (κ3) is 4.62. The zero-order chi connectivity index (χ0) is 20.2. The van der Waals surface area contributed by atoms with Crippen molar-refractivity contribution in [2.24, 2.45) is 5.92 Å². The predicted octanol–water partition coefficient (Wildman–Crippen LogP) is 3.72. The van der Waals surface area contributed by atoms with Crippen LogP contribution in [-0.2, 0) is 11.3 Å². The van der Waals surface area contributed by atoms with Gasteiger partial charge in [0.25, 0.3) is 0 Å². The van der Waals surface area contributed by atoms with E-state index in [2.05, 4.69) is 15.5 Å². The van der Waals surface area contributed by atoms with Crippen molar-refractivity contribution in [1.29, 1.82) is 0 Å². The molecule has 7 heteroatoms. The molecule has 0 unspecified atom stereocenters. The fourth-order valence-corrected chi connectivity index (χ4v) is 3.42. The number of carbonyl (C=O) groups excluding carboxylic acids is 1. The van der Waals surface area contributed by atoms with Crippen LogP contribution in [0.3, 0.4) is 0 Å². The van der Waals surface area contributed by atoms with Gasteiger partial charge in [-0.25, -0.2) is 4.39 Å². The van der Waals surface area contributed by atoms with Gasteiger partial charge < -0.3 is 14.6 Å². The van der Waals surface area contributed by atoms with Crippen molar-refractivity contribution in [3.8, 4) is 11.5 Å². The summed E-state index contributed by atoms with van der Waals surface area (Å²) >= 11 is 0. The number of carbonyl (C=O) groups is 1. The Morgan fingerprint density at radius 1 is 1.10 bits per heavy atom. The maximum absolute atomic E-state index is 13.0.